The van der Waals surface area contributed by atoms with E-state index < -0.39 is 30.2 Å². The summed E-state index contributed by atoms with van der Waals surface area (Å²) >= 11 is 0. The van der Waals surface area contributed by atoms with Gasteiger partial charge in [-0.1, -0.05) is 18.2 Å². The van der Waals surface area contributed by atoms with E-state index in [-0.39, 0.29) is 17.6 Å². The molecule has 1 N–H and O–H groups in total. The Labute approximate surface area is 110 Å². The first-order chi connectivity index (χ1) is 9.13. The molecule has 0 saturated heterocycles. The van der Waals surface area contributed by atoms with Crippen molar-refractivity contribution in [3.63, 3.8) is 0 Å². The van der Waals surface area contributed by atoms with Crippen LogP contribution in [0.3, 0.4) is 0 Å². The van der Waals surface area contributed by atoms with Crippen molar-refractivity contribution < 1.29 is 36.6 Å². The van der Waals surface area contributed by atoms with Crippen molar-refractivity contribution in [2.75, 3.05) is 0 Å². The molecule has 0 aliphatic carbocycles. The number of carbonyl (C=O) groups is 1. The standard InChI is InChI=1S/C12H9F5O3/c13-11(14,12(15,16)17)10(19)8(6-18)5-7-3-1-2-4-9(7)20-10/h1-4,6,8,19H,5H2. The van der Waals surface area contributed by atoms with E-state index in [9.17, 15) is 31.9 Å². The second-order valence-electron chi connectivity index (χ2n) is 4.43. The summed E-state index contributed by atoms with van der Waals surface area (Å²) in [6.07, 6.45) is -6.67. The van der Waals surface area contributed by atoms with Crippen LogP contribution in [0.5, 0.6) is 5.75 Å². The first-order valence-electron chi connectivity index (χ1n) is 5.52. The van der Waals surface area contributed by atoms with Crippen LogP contribution >= 0.6 is 0 Å². The fraction of sp³-hybridized carbons (Fsp3) is 0.417. The number of halogens is 5. The Balaban J connectivity index is 2.52. The summed E-state index contributed by atoms with van der Waals surface area (Å²) in [6.45, 7) is 0. The summed E-state index contributed by atoms with van der Waals surface area (Å²) < 4.78 is 68.7. The second-order valence-corrected chi connectivity index (χ2v) is 4.43. The maximum atomic E-state index is 13.5. The van der Waals surface area contributed by atoms with Gasteiger partial charge in [0.2, 0.25) is 0 Å². The molecule has 0 aromatic heterocycles. The molecule has 0 bridgehead atoms. The van der Waals surface area contributed by atoms with E-state index >= 15 is 0 Å². The molecular weight excluding hydrogens is 287 g/mol. The number of ether oxygens (including phenoxy) is 1. The van der Waals surface area contributed by atoms with Gasteiger partial charge in [-0.05, 0) is 18.1 Å². The number of hydrogen-bond donors (Lipinski definition) is 1. The molecule has 8 heteroatoms. The quantitative estimate of drug-likeness (QED) is 0.673. The van der Waals surface area contributed by atoms with Gasteiger partial charge in [0.25, 0.3) is 5.79 Å². The lowest BCUT2D eigenvalue weighted by atomic mass is 9.85. The zero-order valence-electron chi connectivity index (χ0n) is 9.82. The van der Waals surface area contributed by atoms with Gasteiger partial charge in [-0.15, -0.1) is 0 Å². The Morgan fingerprint density at radius 2 is 1.85 bits per heavy atom. The van der Waals surface area contributed by atoms with Crippen LogP contribution in [0, 0.1) is 5.92 Å². The SMILES string of the molecule is O=CC1Cc2ccccc2OC1(O)C(F)(F)C(F)(F)F. The summed E-state index contributed by atoms with van der Waals surface area (Å²) in [5, 5.41) is 9.72. The van der Waals surface area contributed by atoms with Gasteiger partial charge in [0.05, 0.1) is 5.92 Å². The Morgan fingerprint density at radius 1 is 1.25 bits per heavy atom. The highest BCUT2D eigenvalue weighted by atomic mass is 19.4. The average Bonchev–Trinajstić information content (AvgIpc) is 2.36. The monoisotopic (exact) mass is 296 g/mol. The minimum absolute atomic E-state index is 0.157. The lowest BCUT2D eigenvalue weighted by Crippen LogP contribution is -2.66. The number of rotatable bonds is 2. The number of para-hydroxylation sites is 1. The third kappa shape index (κ3) is 1.94. The van der Waals surface area contributed by atoms with Gasteiger partial charge in [0, 0.05) is 0 Å². The molecule has 2 unspecified atom stereocenters. The maximum Gasteiger partial charge on any atom is 0.460 e. The van der Waals surface area contributed by atoms with Gasteiger partial charge in [-0.3, -0.25) is 0 Å². The molecule has 2 atom stereocenters. The Hall–Kier alpha value is -1.70. The first-order valence-corrected chi connectivity index (χ1v) is 5.52. The van der Waals surface area contributed by atoms with Gasteiger partial charge < -0.3 is 14.6 Å². The van der Waals surface area contributed by atoms with Crippen molar-refractivity contribution in [3.8, 4) is 5.75 Å². The Morgan fingerprint density at radius 3 is 2.40 bits per heavy atom. The predicted octanol–water partition coefficient (Wildman–Crippen LogP) is 2.32. The molecular formula is C12H9F5O3. The zero-order chi connectivity index (χ0) is 15.2. The molecule has 0 fully saturated rings. The Kier molecular flexibility index (Phi) is 3.24. The van der Waals surface area contributed by atoms with Crippen molar-refractivity contribution in [2.45, 2.75) is 24.3 Å². The molecule has 1 aromatic rings. The van der Waals surface area contributed by atoms with Crippen LogP contribution in [-0.2, 0) is 11.2 Å². The van der Waals surface area contributed by atoms with Crippen LogP contribution in [0.1, 0.15) is 5.56 Å². The maximum absolute atomic E-state index is 13.5. The average molecular weight is 296 g/mol. The van der Waals surface area contributed by atoms with Crippen LogP contribution in [0.4, 0.5) is 22.0 Å². The molecule has 0 saturated carbocycles. The molecule has 110 valence electrons. The van der Waals surface area contributed by atoms with E-state index in [2.05, 4.69) is 4.74 Å². The van der Waals surface area contributed by atoms with Gasteiger partial charge >= 0.3 is 12.1 Å². The number of fused-ring (bicyclic) bond motifs is 1. The number of alkyl halides is 5. The van der Waals surface area contributed by atoms with Crippen LogP contribution in [0.15, 0.2) is 24.3 Å². The fourth-order valence-corrected chi connectivity index (χ4v) is 2.03. The fourth-order valence-electron chi connectivity index (χ4n) is 2.03. The van der Waals surface area contributed by atoms with E-state index in [1.54, 1.807) is 0 Å². The summed E-state index contributed by atoms with van der Waals surface area (Å²) in [6, 6.07) is 5.42. The van der Waals surface area contributed by atoms with E-state index in [1.807, 2.05) is 0 Å². The number of hydrogen-bond acceptors (Lipinski definition) is 3. The van der Waals surface area contributed by atoms with Crippen molar-refractivity contribution in [1.29, 1.82) is 0 Å². The smallest absolute Gasteiger partial charge is 0.454 e. The van der Waals surface area contributed by atoms with Crippen molar-refractivity contribution >= 4 is 6.29 Å². The number of aliphatic hydroxyl groups is 1. The van der Waals surface area contributed by atoms with Crippen LogP contribution in [0.25, 0.3) is 0 Å². The van der Waals surface area contributed by atoms with Crippen molar-refractivity contribution in [1.82, 2.24) is 0 Å². The molecule has 1 aliphatic heterocycles. The molecule has 1 aliphatic rings. The molecule has 20 heavy (non-hydrogen) atoms. The van der Waals surface area contributed by atoms with Gasteiger partial charge in [0.1, 0.15) is 12.0 Å². The molecule has 1 heterocycles. The molecule has 0 amide bonds. The minimum atomic E-state index is -6.05. The minimum Gasteiger partial charge on any atom is -0.454 e. The summed E-state index contributed by atoms with van der Waals surface area (Å²) in [5.74, 6) is -11.9. The first kappa shape index (κ1) is 14.7. The molecule has 3 nitrogen and oxygen atoms in total. The number of carbonyl (C=O) groups excluding carboxylic acids is 1. The third-order valence-electron chi connectivity index (χ3n) is 3.15. The highest BCUT2D eigenvalue weighted by Gasteiger charge is 2.75. The zero-order valence-corrected chi connectivity index (χ0v) is 9.82. The topological polar surface area (TPSA) is 46.5 Å². The number of benzene rings is 1. The lowest BCUT2D eigenvalue weighted by molar-refractivity contribution is -0.396. The highest BCUT2D eigenvalue weighted by molar-refractivity contribution is 5.59. The predicted molar refractivity (Wildman–Crippen MR) is 56.3 cm³/mol. The largest absolute Gasteiger partial charge is 0.460 e. The summed E-state index contributed by atoms with van der Waals surface area (Å²) in [4.78, 5) is 10.8. The normalized spacial score (nSPS) is 26.6. The highest BCUT2D eigenvalue weighted by Crippen LogP contribution is 2.50. The summed E-state index contributed by atoms with van der Waals surface area (Å²) in [5.41, 5.74) is 0.271. The van der Waals surface area contributed by atoms with E-state index in [0.29, 0.717) is 0 Å². The molecule has 2 rings (SSSR count). The van der Waals surface area contributed by atoms with Gasteiger partial charge in [0.15, 0.2) is 0 Å². The van der Waals surface area contributed by atoms with Crippen LogP contribution in [-0.4, -0.2) is 29.3 Å². The van der Waals surface area contributed by atoms with E-state index in [1.165, 1.54) is 18.2 Å². The second kappa shape index (κ2) is 4.41. The van der Waals surface area contributed by atoms with Crippen LogP contribution < -0.4 is 4.74 Å². The van der Waals surface area contributed by atoms with Crippen molar-refractivity contribution in [3.05, 3.63) is 29.8 Å². The van der Waals surface area contributed by atoms with Crippen molar-refractivity contribution in [2.24, 2.45) is 5.92 Å². The molecule has 0 spiro atoms. The lowest BCUT2D eigenvalue weighted by Gasteiger charge is -2.42. The van der Waals surface area contributed by atoms with Gasteiger partial charge in [-0.2, -0.15) is 22.0 Å². The van der Waals surface area contributed by atoms with Crippen LogP contribution in [0.2, 0.25) is 0 Å². The van der Waals surface area contributed by atoms with E-state index in [4.69, 9.17) is 0 Å². The third-order valence-corrected chi connectivity index (χ3v) is 3.15. The Bertz CT molecular complexity index is 528. The molecule has 0 radical (unpaired) electrons. The molecule has 1 aromatic carbocycles. The summed E-state index contributed by atoms with van der Waals surface area (Å²) in [7, 11) is 0. The number of aldehydes is 1. The van der Waals surface area contributed by atoms with Gasteiger partial charge in [-0.25, -0.2) is 0 Å². The van der Waals surface area contributed by atoms with E-state index in [0.717, 1.165) is 6.07 Å².